The fraction of sp³-hybridized carbons (Fsp3) is 0.200. The summed E-state index contributed by atoms with van der Waals surface area (Å²) in [5.41, 5.74) is 2.17. The molecule has 15 heavy (non-hydrogen) atoms. The summed E-state index contributed by atoms with van der Waals surface area (Å²) in [4.78, 5) is 8.51. The Morgan fingerprint density at radius 3 is 3.07 bits per heavy atom. The zero-order valence-corrected chi connectivity index (χ0v) is 9.94. The lowest BCUT2D eigenvalue weighted by Gasteiger charge is -2.02. The zero-order chi connectivity index (χ0) is 10.5. The Balaban J connectivity index is 1.98. The molecule has 0 atom stereocenters. The third kappa shape index (κ3) is 2.94. The third-order valence-corrected chi connectivity index (χ3v) is 3.86. The molecule has 0 aliphatic heterocycles. The highest BCUT2D eigenvalue weighted by Gasteiger charge is 2.00. The third-order valence-electron chi connectivity index (χ3n) is 1.86. The lowest BCUT2D eigenvalue weighted by Crippen LogP contribution is -1.91. The molecule has 2 aromatic rings. The summed E-state index contributed by atoms with van der Waals surface area (Å²) in [5, 5.41) is 5.08. The van der Waals surface area contributed by atoms with E-state index >= 15 is 0 Å². The van der Waals surface area contributed by atoms with Crippen molar-refractivity contribution < 1.29 is 0 Å². The van der Waals surface area contributed by atoms with Crippen LogP contribution in [0.3, 0.4) is 0 Å². The number of nitrogens with zero attached hydrogens (tertiary/aromatic N) is 2. The van der Waals surface area contributed by atoms with Gasteiger partial charge in [0, 0.05) is 36.3 Å². The Morgan fingerprint density at radius 1 is 1.40 bits per heavy atom. The molecule has 0 saturated carbocycles. The molecule has 0 unspecified atom stereocenters. The number of aromatic nitrogens is 2. The highest BCUT2D eigenvalue weighted by atomic mass is 32.2. The second kappa shape index (κ2) is 5.14. The van der Waals surface area contributed by atoms with E-state index in [-0.39, 0.29) is 0 Å². The maximum atomic E-state index is 4.30. The fourth-order valence-corrected chi connectivity index (χ4v) is 2.67. The summed E-state index contributed by atoms with van der Waals surface area (Å²) in [6.07, 6.45) is 3.65. The molecule has 0 aliphatic rings. The van der Waals surface area contributed by atoms with Crippen molar-refractivity contribution in [2.45, 2.75) is 10.1 Å². The first-order valence-corrected chi connectivity index (χ1v) is 6.40. The predicted molar refractivity (Wildman–Crippen MR) is 65.5 cm³/mol. The molecule has 0 radical (unpaired) electrons. The van der Waals surface area contributed by atoms with Gasteiger partial charge in [0.05, 0.1) is 5.69 Å². The van der Waals surface area contributed by atoms with E-state index in [1.165, 1.54) is 0 Å². The van der Waals surface area contributed by atoms with Crippen LogP contribution in [-0.2, 0) is 5.75 Å². The van der Waals surface area contributed by atoms with Crippen molar-refractivity contribution in [2.24, 2.45) is 0 Å². The molecule has 0 aromatic carbocycles. The highest BCUT2D eigenvalue weighted by Crippen LogP contribution is 2.24. The van der Waals surface area contributed by atoms with E-state index in [9.17, 15) is 0 Å². The molecule has 2 rings (SSSR count). The predicted octanol–water partition coefficient (Wildman–Crippen LogP) is 2.87. The second-order valence-corrected chi connectivity index (χ2v) is 4.99. The minimum Gasteiger partial charge on any atom is -0.388 e. The summed E-state index contributed by atoms with van der Waals surface area (Å²) in [6.45, 7) is 0. The van der Waals surface area contributed by atoms with E-state index in [1.54, 1.807) is 23.1 Å². The van der Waals surface area contributed by atoms with Crippen molar-refractivity contribution in [1.29, 1.82) is 0 Å². The fourth-order valence-electron chi connectivity index (χ4n) is 1.13. The van der Waals surface area contributed by atoms with Gasteiger partial charge in [-0.15, -0.1) is 11.3 Å². The Kier molecular flexibility index (Phi) is 3.58. The van der Waals surface area contributed by atoms with Gasteiger partial charge in [-0.1, -0.05) is 11.8 Å². The topological polar surface area (TPSA) is 37.8 Å². The van der Waals surface area contributed by atoms with Gasteiger partial charge in [-0.3, -0.25) is 4.98 Å². The van der Waals surface area contributed by atoms with Crippen LogP contribution in [0.15, 0.2) is 34.2 Å². The van der Waals surface area contributed by atoms with Crippen LogP contribution in [0, 0.1) is 0 Å². The van der Waals surface area contributed by atoms with Gasteiger partial charge in [0.15, 0.2) is 0 Å². The molecule has 0 amide bonds. The van der Waals surface area contributed by atoms with Crippen LogP contribution in [0.5, 0.6) is 0 Å². The van der Waals surface area contributed by atoms with E-state index in [1.807, 2.05) is 30.9 Å². The van der Waals surface area contributed by atoms with Crippen molar-refractivity contribution in [1.82, 2.24) is 9.97 Å². The first-order chi connectivity index (χ1) is 7.38. The van der Waals surface area contributed by atoms with Crippen molar-refractivity contribution in [3.63, 3.8) is 0 Å². The van der Waals surface area contributed by atoms with E-state index in [0.29, 0.717) is 0 Å². The van der Waals surface area contributed by atoms with Gasteiger partial charge in [0.25, 0.3) is 0 Å². The standard InChI is InChI=1S/C10H11N3S2/c1-11-8-2-3-12-9(6-8)7-15-10-13-4-5-14-10/h2-6H,7H2,1H3,(H,11,12). The van der Waals surface area contributed by atoms with E-state index in [4.69, 9.17) is 0 Å². The van der Waals surface area contributed by atoms with E-state index < -0.39 is 0 Å². The lowest BCUT2D eigenvalue weighted by molar-refractivity contribution is 1.16. The minimum absolute atomic E-state index is 0.864. The molecule has 1 N–H and O–H groups in total. The molecule has 78 valence electrons. The molecular weight excluding hydrogens is 226 g/mol. The molecule has 0 spiro atoms. The van der Waals surface area contributed by atoms with Crippen LogP contribution in [0.1, 0.15) is 5.69 Å². The normalized spacial score (nSPS) is 10.2. The monoisotopic (exact) mass is 237 g/mol. The number of thioether (sulfide) groups is 1. The van der Waals surface area contributed by atoms with Crippen molar-refractivity contribution in [2.75, 3.05) is 12.4 Å². The number of rotatable bonds is 4. The van der Waals surface area contributed by atoms with Crippen LogP contribution in [0.2, 0.25) is 0 Å². The summed E-state index contributed by atoms with van der Waals surface area (Å²) < 4.78 is 1.09. The second-order valence-electron chi connectivity index (χ2n) is 2.87. The maximum absolute atomic E-state index is 4.30. The molecule has 2 aromatic heterocycles. The first-order valence-electron chi connectivity index (χ1n) is 4.53. The summed E-state index contributed by atoms with van der Waals surface area (Å²) in [5.74, 6) is 0.864. The van der Waals surface area contributed by atoms with Crippen LogP contribution >= 0.6 is 23.1 Å². The quantitative estimate of drug-likeness (QED) is 0.830. The average Bonchev–Trinajstić information content (AvgIpc) is 2.79. The number of hydrogen-bond acceptors (Lipinski definition) is 5. The SMILES string of the molecule is CNc1ccnc(CSc2nccs2)c1. The molecule has 0 fully saturated rings. The Bertz CT molecular complexity index is 414. The maximum Gasteiger partial charge on any atom is 0.150 e. The van der Waals surface area contributed by atoms with Crippen molar-refractivity contribution in [3.05, 3.63) is 35.6 Å². The molecule has 0 saturated heterocycles. The Morgan fingerprint density at radius 2 is 2.33 bits per heavy atom. The summed E-state index contributed by atoms with van der Waals surface area (Å²) >= 11 is 3.38. The van der Waals surface area contributed by atoms with Gasteiger partial charge in [-0.05, 0) is 12.1 Å². The first kappa shape index (κ1) is 10.4. The molecule has 0 bridgehead atoms. The molecule has 2 heterocycles. The molecule has 0 aliphatic carbocycles. The highest BCUT2D eigenvalue weighted by molar-refractivity contribution is 8.00. The Labute approximate surface area is 97.0 Å². The van der Waals surface area contributed by atoms with Gasteiger partial charge < -0.3 is 5.32 Å². The smallest absolute Gasteiger partial charge is 0.150 e. The zero-order valence-electron chi connectivity index (χ0n) is 8.30. The van der Waals surface area contributed by atoms with Gasteiger partial charge >= 0.3 is 0 Å². The molecule has 3 nitrogen and oxygen atoms in total. The molecule has 5 heteroatoms. The van der Waals surface area contributed by atoms with Crippen molar-refractivity contribution in [3.8, 4) is 0 Å². The van der Waals surface area contributed by atoms with Crippen LogP contribution in [-0.4, -0.2) is 17.0 Å². The van der Waals surface area contributed by atoms with Gasteiger partial charge in [-0.25, -0.2) is 4.98 Å². The average molecular weight is 237 g/mol. The number of nitrogens with one attached hydrogen (secondary N) is 1. The molecular formula is C10H11N3S2. The van der Waals surface area contributed by atoms with Gasteiger partial charge in [-0.2, -0.15) is 0 Å². The van der Waals surface area contributed by atoms with Gasteiger partial charge in [0.1, 0.15) is 4.34 Å². The number of hydrogen-bond donors (Lipinski definition) is 1. The minimum atomic E-state index is 0.864. The Hall–Kier alpha value is -1.07. The number of anilines is 1. The van der Waals surface area contributed by atoms with Crippen LogP contribution < -0.4 is 5.32 Å². The summed E-state index contributed by atoms with van der Waals surface area (Å²) in [6, 6.07) is 4.01. The van der Waals surface area contributed by atoms with Gasteiger partial charge in [0.2, 0.25) is 0 Å². The lowest BCUT2D eigenvalue weighted by atomic mass is 10.3. The largest absolute Gasteiger partial charge is 0.388 e. The number of thiazole rings is 1. The van der Waals surface area contributed by atoms with Crippen molar-refractivity contribution >= 4 is 28.8 Å². The number of pyridine rings is 1. The van der Waals surface area contributed by atoms with Crippen LogP contribution in [0.25, 0.3) is 0 Å². The van der Waals surface area contributed by atoms with E-state index in [0.717, 1.165) is 21.5 Å². The van der Waals surface area contributed by atoms with Crippen LogP contribution in [0.4, 0.5) is 5.69 Å². The summed E-state index contributed by atoms with van der Waals surface area (Å²) in [7, 11) is 1.91. The van der Waals surface area contributed by atoms with E-state index in [2.05, 4.69) is 21.4 Å².